The zero-order chi connectivity index (χ0) is 14.2. The van der Waals surface area contributed by atoms with Gasteiger partial charge >= 0.3 is 0 Å². The van der Waals surface area contributed by atoms with E-state index in [4.69, 9.17) is 4.74 Å². The average molecular weight is 272 g/mol. The maximum atomic E-state index is 9.64. The van der Waals surface area contributed by atoms with E-state index in [9.17, 15) is 5.11 Å². The monoisotopic (exact) mass is 272 g/mol. The highest BCUT2D eigenvalue weighted by molar-refractivity contribution is 5.50. The quantitative estimate of drug-likeness (QED) is 0.813. The third kappa shape index (κ3) is 4.64. The first-order valence-electron chi connectivity index (χ1n) is 6.79. The molecule has 1 aromatic carbocycles. The molecular formula is C16H20N2O2. The number of ether oxygens (including phenoxy) is 1. The van der Waals surface area contributed by atoms with Crippen LogP contribution < -0.4 is 0 Å². The van der Waals surface area contributed by atoms with Gasteiger partial charge in [0.1, 0.15) is 5.82 Å². The van der Waals surface area contributed by atoms with Crippen LogP contribution in [0.4, 0.5) is 0 Å². The second kappa shape index (κ2) is 7.62. The van der Waals surface area contributed by atoms with Gasteiger partial charge in [0.15, 0.2) is 0 Å². The molecular weight excluding hydrogens is 252 g/mol. The van der Waals surface area contributed by atoms with E-state index in [0.29, 0.717) is 13.2 Å². The summed E-state index contributed by atoms with van der Waals surface area (Å²) in [5, 5.41) is 9.64. The van der Waals surface area contributed by atoms with Crippen molar-refractivity contribution < 1.29 is 9.84 Å². The molecule has 0 radical (unpaired) electrons. The molecule has 0 amide bonds. The Hall–Kier alpha value is -1.91. The van der Waals surface area contributed by atoms with Gasteiger partial charge in [0.25, 0.3) is 0 Å². The fourth-order valence-corrected chi connectivity index (χ4v) is 1.85. The van der Waals surface area contributed by atoms with E-state index < -0.39 is 6.10 Å². The first kappa shape index (κ1) is 14.5. The third-order valence-corrected chi connectivity index (χ3v) is 2.91. The maximum absolute atomic E-state index is 9.64. The topological polar surface area (TPSA) is 58.1 Å². The smallest absolute Gasteiger partial charge is 0.110 e. The van der Waals surface area contributed by atoms with Gasteiger partial charge in [0, 0.05) is 25.4 Å². The minimum Gasteiger partial charge on any atom is -0.387 e. The molecule has 4 heteroatoms. The third-order valence-electron chi connectivity index (χ3n) is 2.91. The Bertz CT molecular complexity index is 518. The molecule has 1 atom stereocenters. The summed E-state index contributed by atoms with van der Waals surface area (Å²) in [5.74, 6) is 0.959. The highest BCUT2D eigenvalue weighted by Crippen LogP contribution is 2.09. The van der Waals surface area contributed by atoms with Gasteiger partial charge < -0.3 is 14.8 Å². The van der Waals surface area contributed by atoms with Crippen LogP contribution in [0.3, 0.4) is 0 Å². The zero-order valence-electron chi connectivity index (χ0n) is 11.6. The Kier molecular flexibility index (Phi) is 5.53. The van der Waals surface area contributed by atoms with E-state index in [1.807, 2.05) is 31.3 Å². The van der Waals surface area contributed by atoms with Crippen LogP contribution >= 0.6 is 0 Å². The first-order valence-corrected chi connectivity index (χ1v) is 6.79. The van der Waals surface area contributed by atoms with Crippen molar-refractivity contribution in [3.63, 3.8) is 0 Å². The van der Waals surface area contributed by atoms with Gasteiger partial charge in [0.05, 0.1) is 12.7 Å². The standard InChI is InChI=1S/C16H20N2O2/c1-2-20-12-15(19)8-7-13-3-5-14(6-4-13)11-16-17-9-10-18-16/h3-10,15,19H,2,11-12H2,1H3,(H,17,18)/b8-7+. The minimum atomic E-state index is -0.558. The van der Waals surface area contributed by atoms with E-state index >= 15 is 0 Å². The van der Waals surface area contributed by atoms with Crippen LogP contribution in [0.15, 0.2) is 42.7 Å². The second-order valence-electron chi connectivity index (χ2n) is 4.54. The molecule has 0 aliphatic heterocycles. The Morgan fingerprint density at radius 3 is 2.80 bits per heavy atom. The summed E-state index contributed by atoms with van der Waals surface area (Å²) in [7, 11) is 0. The van der Waals surface area contributed by atoms with E-state index in [0.717, 1.165) is 17.8 Å². The number of imidazole rings is 1. The number of benzene rings is 1. The summed E-state index contributed by atoms with van der Waals surface area (Å²) >= 11 is 0. The van der Waals surface area contributed by atoms with Gasteiger partial charge in [-0.1, -0.05) is 36.4 Å². The van der Waals surface area contributed by atoms with Gasteiger partial charge in [-0.25, -0.2) is 4.98 Å². The normalized spacial score (nSPS) is 12.9. The molecule has 106 valence electrons. The Labute approximate surface area is 119 Å². The molecule has 0 bridgehead atoms. The number of nitrogens with zero attached hydrogens (tertiary/aromatic N) is 1. The van der Waals surface area contributed by atoms with Crippen molar-refractivity contribution in [1.29, 1.82) is 0 Å². The highest BCUT2D eigenvalue weighted by atomic mass is 16.5. The number of rotatable bonds is 7. The van der Waals surface area contributed by atoms with Crippen LogP contribution in [0.25, 0.3) is 6.08 Å². The summed E-state index contributed by atoms with van der Waals surface area (Å²) in [6.45, 7) is 2.87. The molecule has 4 nitrogen and oxygen atoms in total. The van der Waals surface area contributed by atoms with E-state index in [-0.39, 0.29) is 0 Å². The lowest BCUT2D eigenvalue weighted by Gasteiger charge is -2.05. The number of H-pyrrole nitrogens is 1. The lowest BCUT2D eigenvalue weighted by molar-refractivity contribution is 0.0672. The molecule has 0 fully saturated rings. The van der Waals surface area contributed by atoms with Gasteiger partial charge in [0.2, 0.25) is 0 Å². The van der Waals surface area contributed by atoms with Crippen LogP contribution in [0.1, 0.15) is 23.9 Å². The molecule has 1 heterocycles. The molecule has 0 saturated heterocycles. The summed E-state index contributed by atoms with van der Waals surface area (Å²) in [4.78, 5) is 7.29. The van der Waals surface area contributed by atoms with Crippen LogP contribution in [0.2, 0.25) is 0 Å². The zero-order valence-corrected chi connectivity index (χ0v) is 11.6. The molecule has 0 aliphatic rings. The van der Waals surface area contributed by atoms with Crippen molar-refractivity contribution in [3.8, 4) is 0 Å². The second-order valence-corrected chi connectivity index (χ2v) is 4.54. The Balaban J connectivity index is 1.89. The fraction of sp³-hybridized carbons (Fsp3) is 0.312. The summed E-state index contributed by atoms with van der Waals surface area (Å²) in [5.41, 5.74) is 2.26. The molecule has 2 rings (SSSR count). The van der Waals surface area contributed by atoms with Crippen LogP contribution in [0, 0.1) is 0 Å². The van der Waals surface area contributed by atoms with Crippen molar-refractivity contribution in [2.45, 2.75) is 19.4 Å². The van der Waals surface area contributed by atoms with E-state index in [1.165, 1.54) is 5.56 Å². The average Bonchev–Trinajstić information content (AvgIpc) is 2.97. The number of nitrogens with one attached hydrogen (secondary N) is 1. The largest absolute Gasteiger partial charge is 0.387 e. The molecule has 20 heavy (non-hydrogen) atoms. The lowest BCUT2D eigenvalue weighted by Crippen LogP contribution is -2.11. The van der Waals surface area contributed by atoms with Gasteiger partial charge in [-0.05, 0) is 18.1 Å². The van der Waals surface area contributed by atoms with Crippen LogP contribution in [0.5, 0.6) is 0 Å². The van der Waals surface area contributed by atoms with Gasteiger partial charge in [-0.2, -0.15) is 0 Å². The van der Waals surface area contributed by atoms with E-state index in [2.05, 4.69) is 22.1 Å². The van der Waals surface area contributed by atoms with Crippen LogP contribution in [-0.4, -0.2) is 34.4 Å². The van der Waals surface area contributed by atoms with Crippen molar-refractivity contribution in [1.82, 2.24) is 9.97 Å². The highest BCUT2D eigenvalue weighted by Gasteiger charge is 1.99. The molecule has 0 aliphatic carbocycles. The molecule has 1 unspecified atom stereocenters. The summed E-state index contributed by atoms with van der Waals surface area (Å²) in [6, 6.07) is 8.19. The Morgan fingerprint density at radius 1 is 1.35 bits per heavy atom. The van der Waals surface area contributed by atoms with Gasteiger partial charge in [-0.3, -0.25) is 0 Å². The SMILES string of the molecule is CCOCC(O)/C=C/c1ccc(Cc2ncc[nH]2)cc1. The van der Waals surface area contributed by atoms with Crippen molar-refractivity contribution >= 4 is 6.08 Å². The molecule has 0 saturated carbocycles. The predicted octanol–water partition coefficient (Wildman–Crippen LogP) is 2.41. The number of aliphatic hydroxyl groups is 1. The Morgan fingerprint density at radius 2 is 2.15 bits per heavy atom. The molecule has 1 aromatic heterocycles. The molecule has 2 aromatic rings. The van der Waals surface area contributed by atoms with Crippen molar-refractivity contribution in [2.24, 2.45) is 0 Å². The number of hydrogen-bond acceptors (Lipinski definition) is 3. The number of aromatic amines is 1. The number of aromatic nitrogens is 2. The lowest BCUT2D eigenvalue weighted by atomic mass is 10.1. The summed E-state index contributed by atoms with van der Waals surface area (Å²) in [6.07, 6.45) is 7.47. The molecule has 2 N–H and O–H groups in total. The predicted molar refractivity (Wildman–Crippen MR) is 79.4 cm³/mol. The number of hydrogen-bond donors (Lipinski definition) is 2. The van der Waals surface area contributed by atoms with Crippen molar-refractivity contribution in [3.05, 3.63) is 59.7 Å². The van der Waals surface area contributed by atoms with Crippen molar-refractivity contribution in [2.75, 3.05) is 13.2 Å². The minimum absolute atomic E-state index is 0.337. The number of aliphatic hydroxyl groups excluding tert-OH is 1. The summed E-state index contributed by atoms with van der Waals surface area (Å²) < 4.78 is 5.15. The van der Waals surface area contributed by atoms with Crippen LogP contribution in [-0.2, 0) is 11.2 Å². The maximum Gasteiger partial charge on any atom is 0.110 e. The molecule has 0 spiro atoms. The first-order chi connectivity index (χ1) is 9.78. The fourth-order valence-electron chi connectivity index (χ4n) is 1.85. The van der Waals surface area contributed by atoms with E-state index in [1.54, 1.807) is 12.3 Å². The van der Waals surface area contributed by atoms with Gasteiger partial charge in [-0.15, -0.1) is 0 Å².